The Balaban J connectivity index is 1.77. The topological polar surface area (TPSA) is 99.8 Å². The largest absolute Gasteiger partial charge is 0.337 e. The number of benzene rings is 1. The number of nitrogens with one attached hydrogen (secondary N) is 3. The highest BCUT2D eigenvalue weighted by molar-refractivity contribution is 5.95. The molecule has 0 radical (unpaired) electrons. The molecule has 0 aliphatic rings. The van der Waals surface area contributed by atoms with Crippen LogP contribution in [-0.2, 0) is 6.42 Å². The van der Waals surface area contributed by atoms with Gasteiger partial charge in [-0.05, 0) is 31.2 Å². The zero-order valence-corrected chi connectivity index (χ0v) is 11.0. The summed E-state index contributed by atoms with van der Waals surface area (Å²) >= 11 is 0. The third kappa shape index (κ3) is 3.91. The first-order chi connectivity index (χ1) is 9.65. The van der Waals surface area contributed by atoms with Crippen molar-refractivity contribution in [2.75, 3.05) is 11.9 Å². The Hall–Kier alpha value is -2.70. The van der Waals surface area contributed by atoms with Crippen LogP contribution in [0.3, 0.4) is 0 Å². The number of aromatic nitrogens is 3. The highest BCUT2D eigenvalue weighted by Gasteiger charge is 2.03. The fraction of sp³-hybridized carbons (Fsp3) is 0.231. The molecule has 7 heteroatoms. The maximum absolute atomic E-state index is 11.6. The molecule has 0 spiro atoms. The number of carbonyl (C=O) groups excluding carboxylic acids is 2. The fourth-order valence-corrected chi connectivity index (χ4v) is 1.61. The zero-order valence-electron chi connectivity index (χ0n) is 11.0. The first-order valence-corrected chi connectivity index (χ1v) is 6.15. The second-order valence-electron chi connectivity index (χ2n) is 4.20. The molecule has 0 aliphatic heterocycles. The number of aromatic amines is 1. The van der Waals surface area contributed by atoms with Crippen LogP contribution in [0.15, 0.2) is 30.6 Å². The molecular formula is C13H15N5O2. The van der Waals surface area contributed by atoms with Crippen molar-refractivity contribution in [3.63, 3.8) is 0 Å². The average molecular weight is 273 g/mol. The minimum atomic E-state index is -0.305. The molecule has 0 unspecified atom stereocenters. The van der Waals surface area contributed by atoms with E-state index in [0.29, 0.717) is 24.2 Å². The van der Waals surface area contributed by atoms with Crippen LogP contribution in [0.2, 0.25) is 0 Å². The highest BCUT2D eigenvalue weighted by Crippen LogP contribution is 2.09. The summed E-state index contributed by atoms with van der Waals surface area (Å²) < 4.78 is 0. The van der Waals surface area contributed by atoms with Crippen molar-refractivity contribution in [2.24, 2.45) is 0 Å². The summed E-state index contributed by atoms with van der Waals surface area (Å²) in [6.07, 6.45) is 2.00. The molecule has 1 heterocycles. The van der Waals surface area contributed by atoms with Crippen molar-refractivity contribution >= 4 is 17.5 Å². The van der Waals surface area contributed by atoms with Crippen LogP contribution in [0.1, 0.15) is 23.1 Å². The predicted molar refractivity (Wildman–Crippen MR) is 73.6 cm³/mol. The van der Waals surface area contributed by atoms with Gasteiger partial charge >= 0.3 is 6.03 Å². The molecule has 0 saturated heterocycles. The van der Waals surface area contributed by atoms with Gasteiger partial charge in [0, 0.05) is 24.2 Å². The number of anilines is 1. The van der Waals surface area contributed by atoms with Gasteiger partial charge in [-0.3, -0.25) is 9.89 Å². The van der Waals surface area contributed by atoms with Gasteiger partial charge < -0.3 is 10.6 Å². The number of hydrogen-bond acceptors (Lipinski definition) is 4. The Labute approximate surface area is 115 Å². The van der Waals surface area contributed by atoms with Crippen molar-refractivity contribution in [3.05, 3.63) is 42.0 Å². The van der Waals surface area contributed by atoms with E-state index in [-0.39, 0.29) is 11.8 Å². The average Bonchev–Trinajstić information content (AvgIpc) is 2.92. The number of Topliss-reactive ketones (excluding diaryl/α,β-unsaturated/α-hetero) is 1. The monoisotopic (exact) mass is 273 g/mol. The van der Waals surface area contributed by atoms with Gasteiger partial charge in [0.15, 0.2) is 5.78 Å². The lowest BCUT2D eigenvalue weighted by molar-refractivity contribution is 0.101. The number of urea groups is 1. The Bertz CT molecular complexity index is 577. The molecule has 3 N–H and O–H groups in total. The van der Waals surface area contributed by atoms with Gasteiger partial charge in [0.05, 0.1) is 0 Å². The summed E-state index contributed by atoms with van der Waals surface area (Å²) in [5.41, 5.74) is 1.24. The summed E-state index contributed by atoms with van der Waals surface area (Å²) in [7, 11) is 0. The number of H-pyrrole nitrogens is 1. The number of nitrogens with zero attached hydrogens (tertiary/aromatic N) is 2. The molecular weight excluding hydrogens is 258 g/mol. The van der Waals surface area contributed by atoms with Crippen LogP contribution in [0, 0.1) is 0 Å². The van der Waals surface area contributed by atoms with Crippen LogP contribution >= 0.6 is 0 Å². The van der Waals surface area contributed by atoms with E-state index in [4.69, 9.17) is 0 Å². The van der Waals surface area contributed by atoms with E-state index in [9.17, 15) is 9.59 Å². The van der Waals surface area contributed by atoms with E-state index < -0.39 is 0 Å². The van der Waals surface area contributed by atoms with E-state index in [1.54, 1.807) is 24.3 Å². The molecule has 1 aromatic heterocycles. The smallest absolute Gasteiger partial charge is 0.319 e. The lowest BCUT2D eigenvalue weighted by Crippen LogP contribution is -2.30. The Kier molecular flexibility index (Phi) is 4.43. The number of amides is 2. The second-order valence-corrected chi connectivity index (χ2v) is 4.20. The summed E-state index contributed by atoms with van der Waals surface area (Å²) in [6, 6.07) is 6.42. The second kappa shape index (κ2) is 6.46. The zero-order chi connectivity index (χ0) is 14.4. The van der Waals surface area contributed by atoms with Crippen molar-refractivity contribution in [1.82, 2.24) is 20.5 Å². The van der Waals surface area contributed by atoms with Gasteiger partial charge in [0.1, 0.15) is 12.2 Å². The molecule has 0 fully saturated rings. The van der Waals surface area contributed by atoms with Crippen LogP contribution in [0.5, 0.6) is 0 Å². The van der Waals surface area contributed by atoms with Gasteiger partial charge in [-0.2, -0.15) is 5.10 Å². The summed E-state index contributed by atoms with van der Waals surface area (Å²) in [5, 5.41) is 11.8. The van der Waals surface area contributed by atoms with Gasteiger partial charge in [-0.25, -0.2) is 9.78 Å². The third-order valence-corrected chi connectivity index (χ3v) is 2.66. The van der Waals surface area contributed by atoms with E-state index in [1.807, 2.05) is 0 Å². The molecule has 7 nitrogen and oxygen atoms in total. The Morgan fingerprint density at radius 2 is 2.00 bits per heavy atom. The molecule has 0 saturated carbocycles. The molecule has 0 bridgehead atoms. The summed E-state index contributed by atoms with van der Waals surface area (Å²) in [6.45, 7) is 1.95. The van der Waals surface area contributed by atoms with Gasteiger partial charge in [0.25, 0.3) is 0 Å². The number of carbonyl (C=O) groups is 2. The normalized spacial score (nSPS) is 10.1. The first-order valence-electron chi connectivity index (χ1n) is 6.15. The molecule has 1 aromatic carbocycles. The molecule has 2 amide bonds. The van der Waals surface area contributed by atoms with Crippen molar-refractivity contribution in [1.29, 1.82) is 0 Å². The van der Waals surface area contributed by atoms with E-state index in [0.717, 1.165) is 5.82 Å². The lowest BCUT2D eigenvalue weighted by Gasteiger charge is -2.07. The van der Waals surface area contributed by atoms with E-state index >= 15 is 0 Å². The van der Waals surface area contributed by atoms with Crippen LogP contribution in [0.25, 0.3) is 0 Å². The van der Waals surface area contributed by atoms with Gasteiger partial charge in [-0.15, -0.1) is 0 Å². The standard InChI is InChI=1S/C13H15N5O2/c1-9(19)10-2-4-11(5-3-10)17-13(20)14-7-6-12-15-8-16-18-12/h2-5,8H,6-7H2,1H3,(H2,14,17,20)(H,15,16,18). The number of rotatable bonds is 5. The van der Waals surface area contributed by atoms with Gasteiger partial charge in [-0.1, -0.05) is 0 Å². The quantitative estimate of drug-likeness (QED) is 0.716. The summed E-state index contributed by atoms with van der Waals surface area (Å²) in [4.78, 5) is 26.7. The maximum Gasteiger partial charge on any atom is 0.319 e. The molecule has 0 aliphatic carbocycles. The molecule has 104 valence electrons. The number of ketones is 1. The van der Waals surface area contributed by atoms with E-state index in [1.165, 1.54) is 13.3 Å². The Morgan fingerprint density at radius 3 is 2.60 bits per heavy atom. The summed E-state index contributed by atoms with van der Waals surface area (Å²) in [5.74, 6) is 0.712. The van der Waals surface area contributed by atoms with Gasteiger partial charge in [0.2, 0.25) is 0 Å². The van der Waals surface area contributed by atoms with Crippen LogP contribution in [0.4, 0.5) is 10.5 Å². The maximum atomic E-state index is 11.6. The van der Waals surface area contributed by atoms with Crippen LogP contribution < -0.4 is 10.6 Å². The molecule has 2 rings (SSSR count). The Morgan fingerprint density at radius 1 is 1.25 bits per heavy atom. The first kappa shape index (κ1) is 13.7. The third-order valence-electron chi connectivity index (χ3n) is 2.66. The van der Waals surface area contributed by atoms with Crippen molar-refractivity contribution in [3.8, 4) is 0 Å². The minimum Gasteiger partial charge on any atom is -0.337 e. The van der Waals surface area contributed by atoms with Crippen molar-refractivity contribution in [2.45, 2.75) is 13.3 Å². The lowest BCUT2D eigenvalue weighted by atomic mass is 10.1. The van der Waals surface area contributed by atoms with Crippen LogP contribution in [-0.4, -0.2) is 33.5 Å². The fourth-order valence-electron chi connectivity index (χ4n) is 1.61. The minimum absolute atomic E-state index is 0.00643. The number of hydrogen-bond donors (Lipinski definition) is 3. The SMILES string of the molecule is CC(=O)c1ccc(NC(=O)NCCc2ncn[nH]2)cc1. The molecule has 0 atom stereocenters. The molecule has 2 aromatic rings. The predicted octanol–water partition coefficient (Wildman–Crippen LogP) is 1.37. The molecule has 20 heavy (non-hydrogen) atoms. The highest BCUT2D eigenvalue weighted by atomic mass is 16.2. The van der Waals surface area contributed by atoms with Crippen molar-refractivity contribution < 1.29 is 9.59 Å². The van der Waals surface area contributed by atoms with E-state index in [2.05, 4.69) is 25.8 Å².